The van der Waals surface area contributed by atoms with Crippen LogP contribution in [0.5, 0.6) is 0 Å². The highest BCUT2D eigenvalue weighted by Gasteiger charge is 2.27. The van der Waals surface area contributed by atoms with Crippen LogP contribution < -0.4 is 10.6 Å². The van der Waals surface area contributed by atoms with Crippen molar-refractivity contribution >= 4 is 0 Å². The molecule has 0 aromatic heterocycles. The molecule has 0 bridgehead atoms. The summed E-state index contributed by atoms with van der Waals surface area (Å²) in [5.41, 5.74) is 0. The zero-order valence-electron chi connectivity index (χ0n) is 7.84. The van der Waals surface area contributed by atoms with E-state index in [0.29, 0.717) is 6.04 Å². The molecule has 0 saturated carbocycles. The van der Waals surface area contributed by atoms with Gasteiger partial charge in [0.25, 0.3) is 0 Å². The third-order valence-electron chi connectivity index (χ3n) is 2.99. The van der Waals surface area contributed by atoms with Crippen molar-refractivity contribution in [3.63, 3.8) is 0 Å². The Hall–Kier alpha value is -0.120. The normalized spacial score (nSPS) is 38.8. The van der Waals surface area contributed by atoms with Crippen LogP contribution in [0.15, 0.2) is 0 Å². The quantitative estimate of drug-likeness (QED) is 0.561. The van der Waals surface area contributed by atoms with Gasteiger partial charge in [-0.25, -0.2) is 0 Å². The summed E-state index contributed by atoms with van der Waals surface area (Å²) in [7, 11) is 2.21. The average Bonchev–Trinajstić information content (AvgIpc) is 2.56. The SMILES string of the molecule is CN1CCNC(C2CCCN2)C1. The summed E-state index contributed by atoms with van der Waals surface area (Å²) in [6.45, 7) is 4.77. The van der Waals surface area contributed by atoms with Gasteiger partial charge >= 0.3 is 0 Å². The molecular weight excluding hydrogens is 150 g/mol. The Balaban J connectivity index is 1.85. The summed E-state index contributed by atoms with van der Waals surface area (Å²) in [5.74, 6) is 0. The Bertz CT molecular complexity index is 143. The van der Waals surface area contributed by atoms with E-state index < -0.39 is 0 Å². The van der Waals surface area contributed by atoms with Crippen LogP contribution in [0.25, 0.3) is 0 Å². The number of likely N-dealkylation sites (N-methyl/N-ethyl adjacent to an activating group) is 1. The van der Waals surface area contributed by atoms with Crippen molar-refractivity contribution in [2.24, 2.45) is 0 Å². The molecule has 12 heavy (non-hydrogen) atoms. The van der Waals surface area contributed by atoms with Crippen molar-refractivity contribution in [3.8, 4) is 0 Å². The smallest absolute Gasteiger partial charge is 0.0349 e. The fraction of sp³-hybridized carbons (Fsp3) is 1.00. The maximum atomic E-state index is 3.59. The van der Waals surface area contributed by atoms with Crippen molar-refractivity contribution in [3.05, 3.63) is 0 Å². The van der Waals surface area contributed by atoms with E-state index in [1.54, 1.807) is 0 Å². The fourth-order valence-electron chi connectivity index (χ4n) is 2.26. The number of nitrogens with one attached hydrogen (secondary N) is 2. The molecule has 0 radical (unpaired) electrons. The van der Waals surface area contributed by atoms with Crippen LogP contribution in [0.4, 0.5) is 0 Å². The number of hydrogen-bond donors (Lipinski definition) is 2. The van der Waals surface area contributed by atoms with Gasteiger partial charge in [0.1, 0.15) is 0 Å². The Morgan fingerprint density at radius 1 is 1.17 bits per heavy atom. The van der Waals surface area contributed by atoms with E-state index in [1.165, 1.54) is 32.5 Å². The van der Waals surface area contributed by atoms with Gasteiger partial charge in [0.2, 0.25) is 0 Å². The van der Waals surface area contributed by atoms with Gasteiger partial charge < -0.3 is 15.5 Å². The van der Waals surface area contributed by atoms with Gasteiger partial charge in [-0.05, 0) is 26.4 Å². The Kier molecular flexibility index (Phi) is 2.63. The first-order valence-electron chi connectivity index (χ1n) is 5.01. The summed E-state index contributed by atoms with van der Waals surface area (Å²) in [6, 6.07) is 1.42. The molecular formula is C9H19N3. The van der Waals surface area contributed by atoms with E-state index in [1.807, 2.05) is 0 Å². The molecule has 2 saturated heterocycles. The van der Waals surface area contributed by atoms with Gasteiger partial charge in [-0.2, -0.15) is 0 Å². The minimum atomic E-state index is 0.686. The molecule has 0 amide bonds. The summed E-state index contributed by atoms with van der Waals surface area (Å²) < 4.78 is 0. The van der Waals surface area contributed by atoms with Gasteiger partial charge in [-0.1, -0.05) is 0 Å². The molecule has 0 aromatic rings. The van der Waals surface area contributed by atoms with E-state index in [0.717, 1.165) is 12.6 Å². The van der Waals surface area contributed by atoms with Gasteiger partial charge in [-0.15, -0.1) is 0 Å². The highest BCUT2D eigenvalue weighted by atomic mass is 15.2. The molecule has 2 rings (SSSR count). The van der Waals surface area contributed by atoms with Gasteiger partial charge in [0.15, 0.2) is 0 Å². The molecule has 3 nitrogen and oxygen atoms in total. The van der Waals surface area contributed by atoms with Crippen LogP contribution >= 0.6 is 0 Å². The van der Waals surface area contributed by atoms with E-state index in [4.69, 9.17) is 0 Å². The number of hydrogen-bond acceptors (Lipinski definition) is 3. The van der Waals surface area contributed by atoms with Crippen LogP contribution in [0.3, 0.4) is 0 Å². The van der Waals surface area contributed by atoms with E-state index in [2.05, 4.69) is 22.6 Å². The van der Waals surface area contributed by atoms with Crippen molar-refractivity contribution in [1.29, 1.82) is 0 Å². The summed E-state index contributed by atoms with van der Waals surface area (Å²) >= 11 is 0. The summed E-state index contributed by atoms with van der Waals surface area (Å²) in [5, 5.41) is 7.14. The lowest BCUT2D eigenvalue weighted by Crippen LogP contribution is -2.56. The van der Waals surface area contributed by atoms with Crippen LogP contribution in [0, 0.1) is 0 Å². The molecule has 3 heteroatoms. The largest absolute Gasteiger partial charge is 0.312 e. The first kappa shape index (κ1) is 8.48. The second-order valence-electron chi connectivity index (χ2n) is 4.03. The first-order valence-corrected chi connectivity index (χ1v) is 5.01. The monoisotopic (exact) mass is 169 g/mol. The molecule has 2 fully saturated rings. The zero-order valence-corrected chi connectivity index (χ0v) is 7.84. The molecule has 0 aromatic carbocycles. The van der Waals surface area contributed by atoms with Crippen molar-refractivity contribution in [1.82, 2.24) is 15.5 Å². The molecule has 70 valence electrons. The lowest BCUT2D eigenvalue weighted by Gasteiger charge is -2.34. The second-order valence-corrected chi connectivity index (χ2v) is 4.03. The second kappa shape index (κ2) is 3.73. The molecule has 2 unspecified atom stereocenters. The van der Waals surface area contributed by atoms with Gasteiger partial charge in [0, 0.05) is 31.7 Å². The lowest BCUT2D eigenvalue weighted by molar-refractivity contribution is 0.212. The maximum Gasteiger partial charge on any atom is 0.0349 e. The fourth-order valence-corrected chi connectivity index (χ4v) is 2.26. The molecule has 2 heterocycles. The standard InChI is InChI=1S/C9H19N3/c1-12-6-5-11-9(7-12)8-3-2-4-10-8/h8-11H,2-7H2,1H3. The minimum Gasteiger partial charge on any atom is -0.312 e. The third-order valence-corrected chi connectivity index (χ3v) is 2.99. The number of nitrogens with zero attached hydrogens (tertiary/aromatic N) is 1. The van der Waals surface area contributed by atoms with E-state index >= 15 is 0 Å². The number of rotatable bonds is 1. The highest BCUT2D eigenvalue weighted by molar-refractivity contribution is 4.90. The van der Waals surface area contributed by atoms with Crippen molar-refractivity contribution in [2.45, 2.75) is 24.9 Å². The van der Waals surface area contributed by atoms with Crippen molar-refractivity contribution in [2.75, 3.05) is 33.2 Å². The van der Waals surface area contributed by atoms with Crippen LogP contribution in [0.1, 0.15) is 12.8 Å². The summed E-state index contributed by atoms with van der Waals surface area (Å²) in [4.78, 5) is 2.42. The van der Waals surface area contributed by atoms with Gasteiger partial charge in [0.05, 0.1) is 0 Å². The molecule has 2 aliphatic heterocycles. The van der Waals surface area contributed by atoms with E-state index in [9.17, 15) is 0 Å². The van der Waals surface area contributed by atoms with Gasteiger partial charge in [-0.3, -0.25) is 0 Å². The highest BCUT2D eigenvalue weighted by Crippen LogP contribution is 2.11. The third kappa shape index (κ3) is 1.79. The Morgan fingerprint density at radius 3 is 2.67 bits per heavy atom. The average molecular weight is 169 g/mol. The van der Waals surface area contributed by atoms with Crippen molar-refractivity contribution < 1.29 is 0 Å². The van der Waals surface area contributed by atoms with E-state index in [-0.39, 0.29) is 0 Å². The summed E-state index contributed by atoms with van der Waals surface area (Å²) in [6.07, 6.45) is 2.71. The topological polar surface area (TPSA) is 27.3 Å². The lowest BCUT2D eigenvalue weighted by atomic mass is 10.0. The first-order chi connectivity index (χ1) is 5.86. The maximum absolute atomic E-state index is 3.59. The van der Waals surface area contributed by atoms with Crippen LogP contribution in [-0.4, -0.2) is 50.2 Å². The predicted molar refractivity (Wildman–Crippen MR) is 50.3 cm³/mol. The Morgan fingerprint density at radius 2 is 2.00 bits per heavy atom. The molecule has 2 aliphatic rings. The zero-order chi connectivity index (χ0) is 8.39. The molecule has 2 atom stereocenters. The number of piperazine rings is 1. The van der Waals surface area contributed by atoms with Crippen LogP contribution in [0.2, 0.25) is 0 Å². The molecule has 0 aliphatic carbocycles. The molecule has 2 N–H and O–H groups in total. The van der Waals surface area contributed by atoms with Crippen LogP contribution in [-0.2, 0) is 0 Å². The predicted octanol–water partition coefficient (Wildman–Crippen LogP) is -0.358. The minimum absolute atomic E-state index is 0.686. The molecule has 0 spiro atoms. The Labute approximate surface area is 74.5 Å².